The predicted octanol–water partition coefficient (Wildman–Crippen LogP) is 3.92. The Balaban J connectivity index is 0.000000516. The Bertz CT molecular complexity index is 1590. The Morgan fingerprint density at radius 2 is 1.08 bits per heavy atom. The molecule has 4 nitrogen and oxygen atoms in total. The number of aromatic nitrogens is 1. The summed E-state index contributed by atoms with van der Waals surface area (Å²) in [5.41, 5.74) is 1.81. The third-order valence-corrected chi connectivity index (χ3v) is 7.68. The summed E-state index contributed by atoms with van der Waals surface area (Å²) < 4.78 is 51.6. The molecule has 0 bridgehead atoms. The molecule has 1 heterocycles. The maximum absolute atomic E-state index is 13.3. The average molecular weight is 662 g/mol. The molecule has 0 saturated heterocycles. The number of phenols is 2. The molecule has 12 heteroatoms. The fourth-order valence-corrected chi connectivity index (χ4v) is 5.99. The number of pyridine rings is 1. The van der Waals surface area contributed by atoms with Crippen LogP contribution in [0.1, 0.15) is 0 Å². The molecule has 2 N–H and O–H groups in total. The summed E-state index contributed by atoms with van der Waals surface area (Å²) in [4.78, 5) is 16.3. The van der Waals surface area contributed by atoms with Crippen LogP contribution in [0.4, 0.5) is 14.1 Å². The molecule has 5 aromatic rings. The first-order valence-corrected chi connectivity index (χ1v) is 16.8. The summed E-state index contributed by atoms with van der Waals surface area (Å²) in [7, 11) is 1.47. The Labute approximate surface area is 220 Å². The number of aryl methyl sites for hydroxylation is 1. The monoisotopic (exact) mass is 661 g/mol. The third-order valence-electron chi connectivity index (χ3n) is 5.46. The number of aromatic hydroxyl groups is 2. The second-order valence-electron chi connectivity index (χ2n) is 8.02. The fourth-order valence-electron chi connectivity index (χ4n) is 3.92. The van der Waals surface area contributed by atoms with Crippen LogP contribution in [0.25, 0.3) is 21.8 Å². The Morgan fingerprint density at radius 1 is 0.658 bits per heavy atom. The zero-order chi connectivity index (χ0) is 27.0. The van der Waals surface area contributed by atoms with E-state index in [-0.39, 0.29) is 21.6 Å². The van der Waals surface area contributed by atoms with Gasteiger partial charge in [0.2, 0.25) is 0 Å². The van der Waals surface area contributed by atoms with Crippen molar-refractivity contribution in [2.24, 2.45) is 7.05 Å². The minimum absolute atomic E-state index is 0. The molecule has 0 radical (unpaired) electrons. The van der Waals surface area contributed by atoms with Crippen molar-refractivity contribution in [2.75, 3.05) is 0 Å². The normalized spacial score (nSPS) is 12.3. The Hall–Kier alpha value is -3.30. The molecule has 38 heavy (non-hydrogen) atoms. The predicted molar refractivity (Wildman–Crippen MR) is 136 cm³/mol. The summed E-state index contributed by atoms with van der Waals surface area (Å²) in [5, 5.41) is 20.9. The standard InChI is InChI=1S/C26H19NO3S.6FH.Sb/c1-27-24-5-3-2-4-22(24)26(30)23-16-21(14-15-25(23)27)31(19-10-6-17(28)7-11-19)20-12-8-18(29)9-13-20;;;;;;;/h2-16H,1H3,(H-,28,29);6*1H;/q;;;;;;;+5/p-5. The van der Waals surface area contributed by atoms with Crippen molar-refractivity contribution in [3.63, 3.8) is 0 Å². The topological polar surface area (TPSA) is 62.5 Å². The first-order valence-electron chi connectivity index (χ1n) is 10.7. The van der Waals surface area contributed by atoms with Crippen LogP contribution in [0, 0.1) is 0 Å². The summed E-state index contributed by atoms with van der Waals surface area (Å²) in [5.74, 6) is 0.411. The van der Waals surface area contributed by atoms with Crippen molar-refractivity contribution in [3.8, 4) is 11.5 Å². The number of benzene rings is 4. The molecule has 5 rings (SSSR count). The number of phenolic OH excluding ortho intramolecular Hbond substituents is 2. The SMILES string of the molecule is Cn1c2ccccc2c(=O)c2cc([S+](c3ccc(O)cc3)c3ccc(O)cc3)ccc21.[F-].[F][Sb]([F])([F])([F])[F]. The van der Waals surface area contributed by atoms with Crippen molar-refractivity contribution in [3.05, 3.63) is 101 Å². The molecule has 0 amide bonds. The van der Waals surface area contributed by atoms with Crippen molar-refractivity contribution in [1.82, 2.24) is 4.57 Å². The van der Waals surface area contributed by atoms with Crippen LogP contribution in [-0.2, 0) is 17.9 Å². The van der Waals surface area contributed by atoms with Crippen LogP contribution in [0.15, 0.2) is 110 Å². The van der Waals surface area contributed by atoms with E-state index in [1.165, 1.54) is 0 Å². The van der Waals surface area contributed by atoms with Crippen LogP contribution in [0.5, 0.6) is 11.5 Å². The molecule has 200 valence electrons. The molecule has 1 aromatic heterocycles. The molecular formula is C26H20F6NO3SSb. The zero-order valence-corrected chi connectivity index (χ0v) is 22.9. The maximum atomic E-state index is 13.3. The van der Waals surface area contributed by atoms with Crippen LogP contribution in [0.3, 0.4) is 0 Å². The van der Waals surface area contributed by atoms with Crippen molar-refractivity contribution < 1.29 is 29.0 Å². The van der Waals surface area contributed by atoms with Crippen LogP contribution in [-0.4, -0.2) is 35.1 Å². The first kappa shape index (κ1) is 29.3. The third kappa shape index (κ3) is 6.96. The van der Waals surface area contributed by atoms with Gasteiger partial charge in [0.25, 0.3) is 0 Å². The summed E-state index contributed by atoms with van der Waals surface area (Å²) in [6.07, 6.45) is 0. The minimum atomic E-state index is -9.19. The summed E-state index contributed by atoms with van der Waals surface area (Å²) in [6, 6.07) is 28.0. The van der Waals surface area contributed by atoms with Gasteiger partial charge in [0, 0.05) is 18.5 Å². The number of nitrogens with zero attached hydrogens (tertiary/aromatic N) is 1. The quantitative estimate of drug-likeness (QED) is 0.133. The van der Waals surface area contributed by atoms with E-state index in [1.807, 2.05) is 67.7 Å². The number of hydrogen-bond donors (Lipinski definition) is 2. The molecule has 0 fully saturated rings. The molecular weight excluding hydrogens is 642 g/mol. The van der Waals surface area contributed by atoms with Crippen LogP contribution in [0.2, 0.25) is 0 Å². The van der Waals surface area contributed by atoms with E-state index in [2.05, 4.69) is 10.6 Å². The second-order valence-corrected chi connectivity index (χ2v) is 13.7. The van der Waals surface area contributed by atoms with Gasteiger partial charge in [0.05, 0.1) is 27.3 Å². The summed E-state index contributed by atoms with van der Waals surface area (Å²) in [6.45, 7) is 0. The van der Waals surface area contributed by atoms with Gasteiger partial charge in [0.1, 0.15) is 11.5 Å². The first-order chi connectivity index (χ1) is 17.3. The van der Waals surface area contributed by atoms with E-state index < -0.39 is 31.2 Å². The van der Waals surface area contributed by atoms with Gasteiger partial charge in [-0.2, -0.15) is 0 Å². The van der Waals surface area contributed by atoms with Crippen molar-refractivity contribution in [1.29, 1.82) is 0 Å². The van der Waals surface area contributed by atoms with Gasteiger partial charge in [-0.25, -0.2) is 0 Å². The Morgan fingerprint density at radius 3 is 1.58 bits per heavy atom. The van der Waals surface area contributed by atoms with Crippen LogP contribution < -0.4 is 10.1 Å². The molecule has 0 aliphatic rings. The molecule has 4 aromatic carbocycles. The number of rotatable bonds is 3. The van der Waals surface area contributed by atoms with Gasteiger partial charge in [-0.05, 0) is 72.8 Å². The van der Waals surface area contributed by atoms with Crippen molar-refractivity contribution in [2.45, 2.75) is 14.7 Å². The van der Waals surface area contributed by atoms with Gasteiger partial charge < -0.3 is 19.5 Å². The van der Waals surface area contributed by atoms with E-state index in [9.17, 15) is 29.1 Å². The van der Waals surface area contributed by atoms with Crippen molar-refractivity contribution >= 4 is 53.0 Å². The molecule has 0 atom stereocenters. The van der Waals surface area contributed by atoms with Gasteiger partial charge in [-0.3, -0.25) is 4.79 Å². The average Bonchev–Trinajstić information content (AvgIpc) is 2.83. The zero-order valence-electron chi connectivity index (χ0n) is 19.5. The van der Waals surface area contributed by atoms with Gasteiger partial charge >= 0.3 is 34.4 Å². The molecule has 0 unspecified atom stereocenters. The summed E-state index contributed by atoms with van der Waals surface area (Å²) >= 11 is -9.19. The van der Waals surface area contributed by atoms with Gasteiger partial charge in [-0.15, -0.1) is 0 Å². The Kier molecular flexibility index (Phi) is 8.33. The van der Waals surface area contributed by atoms with E-state index >= 15 is 0 Å². The fraction of sp³-hybridized carbons (Fsp3) is 0.0385. The molecule has 0 saturated carbocycles. The molecule has 0 aliphatic carbocycles. The molecule has 0 aliphatic heterocycles. The number of halogens is 6. The van der Waals surface area contributed by atoms with Gasteiger partial charge in [-0.1, -0.05) is 12.1 Å². The molecule has 0 spiro atoms. The van der Waals surface area contributed by atoms with Gasteiger partial charge in [0.15, 0.2) is 20.1 Å². The van der Waals surface area contributed by atoms with E-state index in [1.54, 1.807) is 24.3 Å². The van der Waals surface area contributed by atoms with E-state index in [0.717, 1.165) is 25.7 Å². The second kappa shape index (κ2) is 10.8. The van der Waals surface area contributed by atoms with E-state index in [0.29, 0.717) is 10.8 Å². The number of fused-ring (bicyclic) bond motifs is 2. The van der Waals surface area contributed by atoms with Crippen LogP contribution >= 0.6 is 0 Å². The number of hydrogen-bond acceptors (Lipinski definition) is 3. The van der Waals surface area contributed by atoms with E-state index in [4.69, 9.17) is 0 Å². The number of para-hydroxylation sites is 1.